The molecule has 23 heavy (non-hydrogen) atoms. The van der Waals surface area contributed by atoms with Crippen molar-refractivity contribution < 1.29 is 4.74 Å². The minimum Gasteiger partial charge on any atom is -0.478 e. The summed E-state index contributed by atoms with van der Waals surface area (Å²) in [6, 6.07) is 14.5. The van der Waals surface area contributed by atoms with Gasteiger partial charge in [0, 0.05) is 28.8 Å². The Morgan fingerprint density at radius 2 is 1.91 bits per heavy atom. The number of hydrogen-bond acceptors (Lipinski definition) is 4. The molecular weight excluding hydrogens is 356 g/mol. The van der Waals surface area contributed by atoms with Gasteiger partial charge in [0.25, 0.3) is 0 Å². The zero-order valence-electron chi connectivity index (χ0n) is 12.4. The average Bonchev–Trinajstić information content (AvgIpc) is 3.11. The number of benzene rings is 2. The van der Waals surface area contributed by atoms with Gasteiger partial charge in [-0.2, -0.15) is 0 Å². The largest absolute Gasteiger partial charge is 0.478 e. The van der Waals surface area contributed by atoms with Gasteiger partial charge in [-0.1, -0.05) is 34.1 Å². The van der Waals surface area contributed by atoms with Gasteiger partial charge in [0.2, 0.25) is 0 Å². The Bertz CT molecular complexity index is 819. The summed E-state index contributed by atoms with van der Waals surface area (Å²) in [6.07, 6.45) is 3.40. The third-order valence-electron chi connectivity index (χ3n) is 3.91. The average molecular weight is 371 g/mol. The van der Waals surface area contributed by atoms with Crippen molar-refractivity contribution in [2.75, 3.05) is 6.73 Å². The van der Waals surface area contributed by atoms with Crippen LogP contribution in [0.1, 0.15) is 11.1 Å². The molecule has 0 saturated heterocycles. The fourth-order valence-corrected chi connectivity index (χ4v) is 3.15. The van der Waals surface area contributed by atoms with Crippen LogP contribution in [0, 0.1) is 0 Å². The van der Waals surface area contributed by atoms with Gasteiger partial charge in [0.1, 0.15) is 25.1 Å². The predicted octanol–water partition coefficient (Wildman–Crippen LogP) is 3.38. The number of halogens is 1. The lowest BCUT2D eigenvalue weighted by Crippen LogP contribution is -2.31. The Hall–Kier alpha value is -2.18. The Kier molecular flexibility index (Phi) is 3.85. The summed E-state index contributed by atoms with van der Waals surface area (Å²) in [7, 11) is 0. The van der Waals surface area contributed by atoms with Crippen molar-refractivity contribution in [2.45, 2.75) is 13.1 Å². The first kappa shape index (κ1) is 14.4. The van der Waals surface area contributed by atoms with E-state index in [9.17, 15) is 0 Å². The van der Waals surface area contributed by atoms with Gasteiger partial charge in [0.05, 0.1) is 0 Å². The summed E-state index contributed by atoms with van der Waals surface area (Å²) >= 11 is 3.61. The fraction of sp³-hybridized carbons (Fsp3) is 0.176. The Labute approximate surface area is 142 Å². The normalized spacial score (nSPS) is 14.3. The standard InChI is InChI=1S/C17H15BrN4O/c18-16-4-2-1-3-13(16)8-21-9-14-7-15(22-10-19-20-11-22)5-6-17(14)23-12-21/h1-7,10-11H,8-9,12H2. The molecule has 1 aliphatic heterocycles. The van der Waals surface area contributed by atoms with Gasteiger partial charge in [-0.05, 0) is 29.8 Å². The van der Waals surface area contributed by atoms with E-state index in [1.807, 2.05) is 22.8 Å². The van der Waals surface area contributed by atoms with Gasteiger partial charge in [-0.15, -0.1) is 10.2 Å². The fourth-order valence-electron chi connectivity index (χ4n) is 2.74. The monoisotopic (exact) mass is 370 g/mol. The number of aromatic nitrogens is 3. The summed E-state index contributed by atoms with van der Waals surface area (Å²) < 4.78 is 8.92. The topological polar surface area (TPSA) is 43.2 Å². The summed E-state index contributed by atoms with van der Waals surface area (Å²) in [6.45, 7) is 2.30. The molecule has 4 rings (SSSR count). The quantitative estimate of drug-likeness (QED) is 0.708. The molecule has 0 unspecified atom stereocenters. The molecule has 0 amide bonds. The maximum absolute atomic E-state index is 5.89. The molecule has 0 saturated carbocycles. The zero-order chi connectivity index (χ0) is 15.6. The van der Waals surface area contributed by atoms with Crippen molar-refractivity contribution >= 4 is 15.9 Å². The molecule has 0 atom stereocenters. The number of rotatable bonds is 3. The predicted molar refractivity (Wildman–Crippen MR) is 90.2 cm³/mol. The van der Waals surface area contributed by atoms with Crippen LogP contribution in [0.2, 0.25) is 0 Å². The molecule has 0 bridgehead atoms. The molecule has 3 aromatic rings. The molecule has 5 nitrogen and oxygen atoms in total. The molecule has 2 heterocycles. The third-order valence-corrected chi connectivity index (χ3v) is 4.68. The lowest BCUT2D eigenvalue weighted by atomic mass is 10.1. The highest BCUT2D eigenvalue weighted by molar-refractivity contribution is 9.10. The molecule has 116 valence electrons. The van der Waals surface area contributed by atoms with Crippen molar-refractivity contribution in [2.24, 2.45) is 0 Å². The second-order valence-corrected chi connectivity index (χ2v) is 6.37. The van der Waals surface area contributed by atoms with Crippen LogP contribution in [0.25, 0.3) is 5.69 Å². The minimum absolute atomic E-state index is 0.598. The molecule has 0 N–H and O–H groups in total. The summed E-state index contributed by atoms with van der Waals surface area (Å²) in [5, 5.41) is 7.71. The minimum atomic E-state index is 0.598. The van der Waals surface area contributed by atoms with E-state index in [1.165, 1.54) is 11.1 Å². The molecular formula is C17H15BrN4O. The molecule has 0 fully saturated rings. The van der Waals surface area contributed by atoms with Crippen molar-refractivity contribution in [3.05, 3.63) is 70.7 Å². The molecule has 0 spiro atoms. The Morgan fingerprint density at radius 1 is 1.09 bits per heavy atom. The van der Waals surface area contributed by atoms with Crippen LogP contribution in [0.3, 0.4) is 0 Å². The first-order valence-electron chi connectivity index (χ1n) is 7.36. The van der Waals surface area contributed by atoms with E-state index >= 15 is 0 Å². The molecule has 0 radical (unpaired) electrons. The van der Waals surface area contributed by atoms with Crippen LogP contribution in [-0.2, 0) is 13.1 Å². The van der Waals surface area contributed by atoms with Crippen LogP contribution in [0.4, 0.5) is 0 Å². The van der Waals surface area contributed by atoms with Crippen molar-refractivity contribution in [1.29, 1.82) is 0 Å². The van der Waals surface area contributed by atoms with E-state index in [2.05, 4.69) is 55.3 Å². The highest BCUT2D eigenvalue weighted by Crippen LogP contribution is 2.29. The highest BCUT2D eigenvalue weighted by Gasteiger charge is 2.18. The maximum Gasteiger partial charge on any atom is 0.142 e. The van der Waals surface area contributed by atoms with Crippen molar-refractivity contribution in [3.8, 4) is 11.4 Å². The van der Waals surface area contributed by atoms with Gasteiger partial charge >= 0.3 is 0 Å². The SMILES string of the molecule is Brc1ccccc1CN1COc2ccc(-n3cnnc3)cc2C1. The van der Waals surface area contributed by atoms with Crippen LogP contribution < -0.4 is 4.74 Å². The van der Waals surface area contributed by atoms with Gasteiger partial charge in [-0.25, -0.2) is 0 Å². The maximum atomic E-state index is 5.89. The smallest absolute Gasteiger partial charge is 0.142 e. The zero-order valence-corrected chi connectivity index (χ0v) is 14.0. The highest BCUT2D eigenvalue weighted by atomic mass is 79.9. The molecule has 1 aliphatic rings. The molecule has 2 aromatic carbocycles. The summed E-state index contributed by atoms with van der Waals surface area (Å²) in [4.78, 5) is 2.28. The van der Waals surface area contributed by atoms with E-state index < -0.39 is 0 Å². The van der Waals surface area contributed by atoms with Crippen LogP contribution in [-0.4, -0.2) is 26.4 Å². The number of fused-ring (bicyclic) bond motifs is 1. The Morgan fingerprint density at radius 3 is 2.74 bits per heavy atom. The van der Waals surface area contributed by atoms with Gasteiger partial charge in [0.15, 0.2) is 0 Å². The van der Waals surface area contributed by atoms with E-state index in [0.717, 1.165) is 29.0 Å². The van der Waals surface area contributed by atoms with E-state index in [-0.39, 0.29) is 0 Å². The number of hydrogen-bond donors (Lipinski definition) is 0. The van der Waals surface area contributed by atoms with Crippen LogP contribution in [0.5, 0.6) is 5.75 Å². The second-order valence-electron chi connectivity index (χ2n) is 5.51. The van der Waals surface area contributed by atoms with E-state index in [1.54, 1.807) is 12.7 Å². The molecule has 1 aromatic heterocycles. The van der Waals surface area contributed by atoms with E-state index in [0.29, 0.717) is 6.73 Å². The lowest BCUT2D eigenvalue weighted by molar-refractivity contribution is 0.0885. The molecule has 0 aliphatic carbocycles. The van der Waals surface area contributed by atoms with E-state index in [4.69, 9.17) is 4.74 Å². The summed E-state index contributed by atoms with van der Waals surface area (Å²) in [5.41, 5.74) is 3.48. The van der Waals surface area contributed by atoms with Crippen LogP contribution >= 0.6 is 15.9 Å². The first-order valence-corrected chi connectivity index (χ1v) is 8.15. The third kappa shape index (κ3) is 3.00. The van der Waals surface area contributed by atoms with Crippen molar-refractivity contribution in [1.82, 2.24) is 19.7 Å². The van der Waals surface area contributed by atoms with Crippen LogP contribution in [0.15, 0.2) is 59.6 Å². The first-order chi connectivity index (χ1) is 11.3. The lowest BCUT2D eigenvalue weighted by Gasteiger charge is -2.29. The Balaban J connectivity index is 1.56. The summed E-state index contributed by atoms with van der Waals surface area (Å²) in [5.74, 6) is 0.949. The van der Waals surface area contributed by atoms with Gasteiger partial charge in [-0.3, -0.25) is 9.47 Å². The number of nitrogens with zero attached hydrogens (tertiary/aromatic N) is 4. The second kappa shape index (κ2) is 6.14. The number of ether oxygens (including phenoxy) is 1. The molecule has 6 heteroatoms. The van der Waals surface area contributed by atoms with Gasteiger partial charge < -0.3 is 4.74 Å². The van der Waals surface area contributed by atoms with Crippen molar-refractivity contribution in [3.63, 3.8) is 0 Å².